The van der Waals surface area contributed by atoms with Gasteiger partial charge in [-0.1, -0.05) is 12.1 Å². The van der Waals surface area contributed by atoms with E-state index in [-0.39, 0.29) is 0 Å². The van der Waals surface area contributed by atoms with Crippen molar-refractivity contribution in [3.05, 3.63) is 29.8 Å². The van der Waals surface area contributed by atoms with Crippen molar-refractivity contribution in [1.29, 1.82) is 0 Å². The molecule has 88 valence electrons. The molecule has 1 unspecified atom stereocenters. The summed E-state index contributed by atoms with van der Waals surface area (Å²) in [6.07, 6.45) is 4.01. The Hall–Kier alpha value is -1.02. The highest BCUT2D eigenvalue weighted by atomic mass is 14.9. The molecule has 1 saturated heterocycles. The van der Waals surface area contributed by atoms with Crippen molar-refractivity contribution in [1.82, 2.24) is 5.32 Å². The van der Waals surface area contributed by atoms with Crippen molar-refractivity contribution in [3.8, 4) is 0 Å². The van der Waals surface area contributed by atoms with E-state index >= 15 is 0 Å². The Morgan fingerprint density at radius 3 is 3.12 bits per heavy atom. The Morgan fingerprint density at radius 1 is 1.44 bits per heavy atom. The number of hydrogen-bond acceptors (Lipinski definition) is 2. The van der Waals surface area contributed by atoms with Crippen LogP contribution in [0, 0.1) is 12.8 Å². The third-order valence-electron chi connectivity index (χ3n) is 3.30. The average Bonchev–Trinajstić information content (AvgIpc) is 2.30. The molecular weight excluding hydrogens is 196 g/mol. The molecule has 1 aliphatic heterocycles. The van der Waals surface area contributed by atoms with Gasteiger partial charge in [0, 0.05) is 12.2 Å². The lowest BCUT2D eigenvalue weighted by atomic mass is 9.96. The largest absolute Gasteiger partial charge is 0.385 e. The number of benzene rings is 1. The number of aryl methyl sites for hydroxylation is 1. The first-order valence-electron chi connectivity index (χ1n) is 6.36. The zero-order valence-electron chi connectivity index (χ0n) is 10.1. The van der Waals surface area contributed by atoms with Crippen LogP contribution in [0.25, 0.3) is 0 Å². The minimum absolute atomic E-state index is 0.867. The van der Waals surface area contributed by atoms with E-state index in [1.54, 1.807) is 0 Å². The molecular formula is C14H22N2. The smallest absolute Gasteiger partial charge is 0.0342 e. The van der Waals surface area contributed by atoms with E-state index < -0.39 is 0 Å². The van der Waals surface area contributed by atoms with Crippen LogP contribution >= 0.6 is 0 Å². The van der Waals surface area contributed by atoms with E-state index in [0.717, 1.165) is 12.5 Å². The zero-order chi connectivity index (χ0) is 11.2. The Balaban J connectivity index is 1.71. The SMILES string of the molecule is Cc1cccc(NCCC2CCCNC2)c1. The third kappa shape index (κ3) is 3.53. The molecule has 1 fully saturated rings. The lowest BCUT2D eigenvalue weighted by Gasteiger charge is -2.22. The van der Waals surface area contributed by atoms with Crippen LogP contribution in [0.4, 0.5) is 5.69 Å². The van der Waals surface area contributed by atoms with Crippen LogP contribution in [0.2, 0.25) is 0 Å². The Labute approximate surface area is 98.4 Å². The van der Waals surface area contributed by atoms with E-state index in [0.29, 0.717) is 0 Å². The first-order chi connectivity index (χ1) is 7.84. The zero-order valence-corrected chi connectivity index (χ0v) is 10.1. The van der Waals surface area contributed by atoms with Gasteiger partial charge in [-0.2, -0.15) is 0 Å². The maximum Gasteiger partial charge on any atom is 0.0342 e. The lowest BCUT2D eigenvalue weighted by molar-refractivity contribution is 0.364. The molecule has 2 heteroatoms. The second kappa shape index (κ2) is 5.90. The van der Waals surface area contributed by atoms with Gasteiger partial charge in [0.05, 0.1) is 0 Å². The topological polar surface area (TPSA) is 24.1 Å². The van der Waals surface area contributed by atoms with Crippen molar-refractivity contribution in [2.24, 2.45) is 5.92 Å². The van der Waals surface area contributed by atoms with Gasteiger partial charge in [0.1, 0.15) is 0 Å². The van der Waals surface area contributed by atoms with Crippen LogP contribution in [0.3, 0.4) is 0 Å². The predicted octanol–water partition coefficient (Wildman–Crippen LogP) is 2.80. The van der Waals surface area contributed by atoms with Gasteiger partial charge < -0.3 is 10.6 Å². The molecule has 1 aliphatic rings. The van der Waals surface area contributed by atoms with Gasteiger partial charge in [0.25, 0.3) is 0 Å². The Kier molecular flexibility index (Phi) is 4.23. The second-order valence-corrected chi connectivity index (χ2v) is 4.80. The van der Waals surface area contributed by atoms with Gasteiger partial charge in [-0.15, -0.1) is 0 Å². The molecule has 1 aromatic rings. The molecule has 1 atom stereocenters. The summed E-state index contributed by atoms with van der Waals surface area (Å²) in [6, 6.07) is 8.60. The highest BCUT2D eigenvalue weighted by Gasteiger charge is 2.11. The standard InChI is InChI=1S/C14H22N2/c1-12-4-2-6-14(10-12)16-9-7-13-5-3-8-15-11-13/h2,4,6,10,13,15-16H,3,5,7-9,11H2,1H3. The fourth-order valence-electron chi connectivity index (χ4n) is 2.35. The van der Waals surface area contributed by atoms with Crippen LogP contribution in [0.5, 0.6) is 0 Å². The van der Waals surface area contributed by atoms with E-state index in [1.807, 2.05) is 0 Å². The molecule has 0 radical (unpaired) electrons. The number of nitrogens with one attached hydrogen (secondary N) is 2. The van der Waals surface area contributed by atoms with Gasteiger partial charge in [0.2, 0.25) is 0 Å². The quantitative estimate of drug-likeness (QED) is 0.812. The highest BCUT2D eigenvalue weighted by Crippen LogP contribution is 2.15. The number of piperidine rings is 1. The Bertz CT molecular complexity index is 316. The molecule has 1 aromatic carbocycles. The molecule has 0 aliphatic carbocycles. The molecule has 2 nitrogen and oxygen atoms in total. The summed E-state index contributed by atoms with van der Waals surface area (Å²) in [5, 5.41) is 6.97. The number of hydrogen-bond donors (Lipinski definition) is 2. The molecule has 1 heterocycles. The maximum absolute atomic E-state index is 3.50. The van der Waals surface area contributed by atoms with Gasteiger partial charge >= 0.3 is 0 Å². The first-order valence-corrected chi connectivity index (χ1v) is 6.36. The van der Waals surface area contributed by atoms with Crippen molar-refractivity contribution in [2.45, 2.75) is 26.2 Å². The minimum atomic E-state index is 0.867. The Morgan fingerprint density at radius 2 is 2.38 bits per heavy atom. The summed E-state index contributed by atoms with van der Waals surface area (Å²) in [7, 11) is 0. The third-order valence-corrected chi connectivity index (χ3v) is 3.30. The molecule has 0 amide bonds. The summed E-state index contributed by atoms with van der Waals surface area (Å²) in [4.78, 5) is 0. The summed E-state index contributed by atoms with van der Waals surface area (Å²) in [6.45, 7) is 5.64. The predicted molar refractivity (Wildman–Crippen MR) is 69.9 cm³/mol. The van der Waals surface area contributed by atoms with E-state index in [9.17, 15) is 0 Å². The van der Waals surface area contributed by atoms with Crippen LogP contribution in [-0.4, -0.2) is 19.6 Å². The number of anilines is 1. The van der Waals surface area contributed by atoms with Crippen LogP contribution in [0.1, 0.15) is 24.8 Å². The normalized spacial score (nSPS) is 20.7. The average molecular weight is 218 g/mol. The molecule has 0 saturated carbocycles. The van der Waals surface area contributed by atoms with Gasteiger partial charge in [0.15, 0.2) is 0 Å². The second-order valence-electron chi connectivity index (χ2n) is 4.80. The summed E-state index contributed by atoms with van der Waals surface area (Å²) in [5.74, 6) is 0.867. The molecule has 2 N–H and O–H groups in total. The van der Waals surface area contributed by atoms with Crippen LogP contribution in [-0.2, 0) is 0 Å². The maximum atomic E-state index is 3.50. The fourth-order valence-corrected chi connectivity index (χ4v) is 2.35. The van der Waals surface area contributed by atoms with Gasteiger partial charge in [-0.25, -0.2) is 0 Å². The van der Waals surface area contributed by atoms with Crippen molar-refractivity contribution in [3.63, 3.8) is 0 Å². The molecule has 0 bridgehead atoms. The van der Waals surface area contributed by atoms with Gasteiger partial charge in [-0.3, -0.25) is 0 Å². The van der Waals surface area contributed by atoms with E-state index in [2.05, 4.69) is 41.8 Å². The first kappa shape index (κ1) is 11.5. The van der Waals surface area contributed by atoms with Crippen LogP contribution < -0.4 is 10.6 Å². The van der Waals surface area contributed by atoms with Crippen molar-refractivity contribution >= 4 is 5.69 Å². The van der Waals surface area contributed by atoms with Crippen molar-refractivity contribution in [2.75, 3.05) is 25.0 Å². The van der Waals surface area contributed by atoms with Crippen LogP contribution in [0.15, 0.2) is 24.3 Å². The summed E-state index contributed by atoms with van der Waals surface area (Å²) in [5.41, 5.74) is 2.58. The molecule has 2 rings (SSSR count). The minimum Gasteiger partial charge on any atom is -0.385 e. The molecule has 16 heavy (non-hydrogen) atoms. The van der Waals surface area contributed by atoms with Crippen molar-refractivity contribution < 1.29 is 0 Å². The summed E-state index contributed by atoms with van der Waals surface area (Å²) >= 11 is 0. The fraction of sp³-hybridized carbons (Fsp3) is 0.571. The van der Waals surface area contributed by atoms with E-state index in [1.165, 1.54) is 43.6 Å². The van der Waals surface area contributed by atoms with Gasteiger partial charge in [-0.05, 0) is 62.9 Å². The monoisotopic (exact) mass is 218 g/mol. The lowest BCUT2D eigenvalue weighted by Crippen LogP contribution is -2.30. The highest BCUT2D eigenvalue weighted by molar-refractivity contribution is 5.45. The van der Waals surface area contributed by atoms with E-state index in [4.69, 9.17) is 0 Å². The molecule has 0 aromatic heterocycles. The number of rotatable bonds is 4. The molecule has 0 spiro atoms. The summed E-state index contributed by atoms with van der Waals surface area (Å²) < 4.78 is 0.